The number of hydrogen-bond donors (Lipinski definition) is 3. The molecule has 3 unspecified atom stereocenters. The Labute approximate surface area is 241 Å². The molecule has 7 atom stereocenters. The van der Waals surface area contributed by atoms with Crippen LogP contribution in [-0.2, 0) is 23.1 Å². The lowest BCUT2D eigenvalue weighted by molar-refractivity contribution is -0.118. The number of nitrogen functional groups attached to an aromatic ring is 1. The molecule has 1 aliphatic rings. The first kappa shape index (κ1) is 31.3. The van der Waals surface area contributed by atoms with Crippen LogP contribution in [0.4, 0.5) is 5.95 Å². The van der Waals surface area contributed by atoms with Gasteiger partial charge in [-0.2, -0.15) is 9.97 Å². The largest absolute Gasteiger partial charge is 0.476 e. The molecule has 16 nitrogen and oxygen atoms in total. The van der Waals surface area contributed by atoms with Crippen molar-refractivity contribution in [3.05, 3.63) is 52.7 Å². The van der Waals surface area contributed by atoms with Gasteiger partial charge >= 0.3 is 7.75 Å². The SMILES string of the molecule is CCOc1nc(N)nc2c1ncn2[C@@H]1O[C@H](COP(=O)(N[C@@H](C)C(C)=O)OC(C)c2ccccc2)[C@@H](O)C1(C)N=[N+]=[N-]. The Balaban J connectivity index is 1.63. The van der Waals surface area contributed by atoms with Crippen molar-refractivity contribution >= 4 is 30.6 Å². The molecule has 1 aromatic carbocycles. The summed E-state index contributed by atoms with van der Waals surface area (Å²) in [6, 6.07) is 8.18. The summed E-state index contributed by atoms with van der Waals surface area (Å²) in [6.45, 7) is 7.66. The van der Waals surface area contributed by atoms with E-state index in [2.05, 4.69) is 30.1 Å². The fourth-order valence-electron chi connectivity index (χ4n) is 4.49. The molecule has 4 rings (SSSR count). The number of ether oxygens (including phenoxy) is 2. The van der Waals surface area contributed by atoms with Crippen LogP contribution in [0.15, 0.2) is 41.8 Å². The molecule has 0 saturated carbocycles. The maximum atomic E-state index is 13.9. The fourth-order valence-corrected chi connectivity index (χ4v) is 6.22. The number of Topliss-reactive ketones (excluding diaryl/α,β-unsaturated/α-hetero) is 1. The molecule has 1 saturated heterocycles. The van der Waals surface area contributed by atoms with Crippen molar-refractivity contribution in [2.75, 3.05) is 18.9 Å². The van der Waals surface area contributed by atoms with E-state index in [4.69, 9.17) is 24.3 Å². The first-order chi connectivity index (χ1) is 19.9. The van der Waals surface area contributed by atoms with E-state index >= 15 is 0 Å². The van der Waals surface area contributed by atoms with Crippen molar-refractivity contribution in [3.63, 3.8) is 0 Å². The molecule has 2 aromatic heterocycles. The van der Waals surface area contributed by atoms with Gasteiger partial charge in [-0.3, -0.25) is 18.4 Å². The third kappa shape index (κ3) is 6.40. The van der Waals surface area contributed by atoms with Crippen molar-refractivity contribution < 1.29 is 33.0 Å². The molecule has 1 aliphatic heterocycles. The lowest BCUT2D eigenvalue weighted by Gasteiger charge is -2.28. The van der Waals surface area contributed by atoms with Gasteiger partial charge in [0.2, 0.25) is 11.8 Å². The summed E-state index contributed by atoms with van der Waals surface area (Å²) in [6.07, 6.45) is -3.04. The number of aliphatic hydroxyl groups is 1. The van der Waals surface area contributed by atoms with Gasteiger partial charge in [0.15, 0.2) is 17.4 Å². The number of carbonyl (C=O) groups is 1. The number of anilines is 1. The Bertz CT molecular complexity index is 1520. The minimum Gasteiger partial charge on any atom is -0.476 e. The average molecular weight is 604 g/mol. The van der Waals surface area contributed by atoms with Crippen molar-refractivity contribution in [2.24, 2.45) is 5.11 Å². The van der Waals surface area contributed by atoms with Gasteiger partial charge in [-0.1, -0.05) is 35.4 Å². The molecule has 226 valence electrons. The van der Waals surface area contributed by atoms with Crippen LogP contribution in [0.2, 0.25) is 0 Å². The molecule has 4 N–H and O–H groups in total. The molecule has 17 heteroatoms. The fraction of sp³-hybridized carbons (Fsp3) is 0.520. The molecule has 0 amide bonds. The monoisotopic (exact) mass is 603 g/mol. The van der Waals surface area contributed by atoms with E-state index in [-0.39, 0.29) is 28.8 Å². The van der Waals surface area contributed by atoms with Crippen molar-refractivity contribution in [1.29, 1.82) is 0 Å². The minimum absolute atomic E-state index is 0.0899. The quantitative estimate of drug-likeness (QED) is 0.110. The highest BCUT2D eigenvalue weighted by Gasteiger charge is 2.55. The summed E-state index contributed by atoms with van der Waals surface area (Å²) in [5.74, 6) is -0.227. The van der Waals surface area contributed by atoms with Gasteiger partial charge in [-0.05, 0) is 45.7 Å². The van der Waals surface area contributed by atoms with E-state index in [0.717, 1.165) is 5.56 Å². The number of nitrogens with two attached hydrogens (primary N) is 1. The number of nitrogens with zero attached hydrogens (tertiary/aromatic N) is 7. The van der Waals surface area contributed by atoms with E-state index in [1.165, 1.54) is 31.7 Å². The number of hydrogen-bond acceptors (Lipinski definition) is 12. The summed E-state index contributed by atoms with van der Waals surface area (Å²) >= 11 is 0. The Hall–Kier alpha value is -3.62. The van der Waals surface area contributed by atoms with E-state index in [1.54, 1.807) is 26.0 Å². The number of fused-ring (bicyclic) bond motifs is 1. The predicted molar refractivity (Wildman–Crippen MR) is 151 cm³/mol. The second-order valence-electron chi connectivity index (χ2n) is 9.94. The minimum atomic E-state index is -4.17. The van der Waals surface area contributed by atoms with Gasteiger partial charge in [-0.15, -0.1) is 0 Å². The van der Waals surface area contributed by atoms with Crippen LogP contribution in [0.1, 0.15) is 52.5 Å². The third-order valence-corrected chi connectivity index (χ3v) is 8.68. The zero-order valence-corrected chi connectivity index (χ0v) is 24.7. The standard InChI is InChI=1S/C25H34N9O7P/c1-6-38-22-19-21(29-24(26)30-22)34(13-28-19)23-25(5,32-33-27)20(36)18(40-23)12-39-42(37,31-14(2)15(3)35)41-16(4)17-10-8-7-9-11-17/h7-11,13-14,16,18,20,23,36H,6,12H2,1-5H3,(H,31,37)(H2,26,29,30)/t14-,16?,18+,20+,23+,25?,42?/m0/s1. The highest BCUT2D eigenvalue weighted by Crippen LogP contribution is 2.50. The van der Waals surface area contributed by atoms with Gasteiger partial charge in [0, 0.05) is 4.91 Å². The van der Waals surface area contributed by atoms with E-state index in [1.807, 2.05) is 18.2 Å². The van der Waals surface area contributed by atoms with E-state index in [0.29, 0.717) is 6.61 Å². The summed E-state index contributed by atoms with van der Waals surface area (Å²) in [7, 11) is -4.17. The number of aromatic nitrogens is 4. The molecule has 0 bridgehead atoms. The Morgan fingerprint density at radius 3 is 2.71 bits per heavy atom. The predicted octanol–water partition coefficient (Wildman–Crippen LogP) is 3.60. The average Bonchev–Trinajstić information content (AvgIpc) is 3.46. The van der Waals surface area contributed by atoms with Crippen molar-refractivity contribution in [1.82, 2.24) is 24.6 Å². The first-order valence-corrected chi connectivity index (χ1v) is 14.8. The topological polar surface area (TPSA) is 222 Å². The Morgan fingerprint density at radius 1 is 1.36 bits per heavy atom. The van der Waals surface area contributed by atoms with E-state index in [9.17, 15) is 20.0 Å². The number of nitrogens with one attached hydrogen (secondary N) is 1. The van der Waals surface area contributed by atoms with Gasteiger partial charge < -0.3 is 20.3 Å². The van der Waals surface area contributed by atoms with Crippen molar-refractivity contribution in [3.8, 4) is 5.88 Å². The number of aliphatic hydroxyl groups excluding tert-OH is 1. The Morgan fingerprint density at radius 2 is 2.07 bits per heavy atom. The van der Waals surface area contributed by atoms with Crippen LogP contribution in [-0.4, -0.2) is 67.4 Å². The van der Waals surface area contributed by atoms with E-state index < -0.39 is 50.5 Å². The number of imidazole rings is 1. The van der Waals surface area contributed by atoms with Crippen LogP contribution < -0.4 is 15.6 Å². The molecular formula is C25H34N9O7P. The summed E-state index contributed by atoms with van der Waals surface area (Å²) in [5.41, 5.74) is 14.9. The van der Waals surface area contributed by atoms with Crippen LogP contribution in [0.25, 0.3) is 21.6 Å². The normalized spacial score (nSPS) is 25.0. The first-order valence-electron chi connectivity index (χ1n) is 13.2. The molecular weight excluding hydrogens is 569 g/mol. The Kier molecular flexibility index (Phi) is 9.48. The maximum absolute atomic E-state index is 13.9. The lowest BCUT2D eigenvalue weighted by atomic mass is 9.93. The second-order valence-corrected chi connectivity index (χ2v) is 11.7. The lowest BCUT2D eigenvalue weighted by Crippen LogP contribution is -2.43. The van der Waals surface area contributed by atoms with Crippen LogP contribution >= 0.6 is 7.75 Å². The van der Waals surface area contributed by atoms with Crippen molar-refractivity contribution in [2.45, 2.75) is 70.7 Å². The van der Waals surface area contributed by atoms with Crippen LogP contribution in [0.3, 0.4) is 0 Å². The van der Waals surface area contributed by atoms with Gasteiger partial charge in [-0.25, -0.2) is 14.6 Å². The van der Waals surface area contributed by atoms with Crippen LogP contribution in [0, 0.1) is 0 Å². The van der Waals surface area contributed by atoms with Gasteiger partial charge in [0.25, 0.3) is 0 Å². The summed E-state index contributed by atoms with van der Waals surface area (Å²) < 4.78 is 38.6. The zero-order chi connectivity index (χ0) is 30.7. The molecule has 0 radical (unpaired) electrons. The number of benzene rings is 1. The van der Waals surface area contributed by atoms with Gasteiger partial charge in [0.05, 0.1) is 37.8 Å². The second kappa shape index (κ2) is 12.7. The van der Waals surface area contributed by atoms with Gasteiger partial charge in [0.1, 0.15) is 17.4 Å². The number of carbonyl (C=O) groups excluding carboxylic acids is 1. The molecule has 1 fully saturated rings. The van der Waals surface area contributed by atoms with Crippen LogP contribution in [0.5, 0.6) is 5.88 Å². The zero-order valence-electron chi connectivity index (χ0n) is 23.8. The smallest absolute Gasteiger partial charge is 0.406 e. The highest BCUT2D eigenvalue weighted by atomic mass is 31.2. The number of rotatable bonds is 13. The molecule has 0 spiro atoms. The highest BCUT2D eigenvalue weighted by molar-refractivity contribution is 7.51. The number of azide groups is 1. The molecule has 3 aromatic rings. The molecule has 42 heavy (non-hydrogen) atoms. The molecule has 0 aliphatic carbocycles. The number of ketones is 1. The third-order valence-electron chi connectivity index (χ3n) is 6.89. The molecule has 3 heterocycles. The maximum Gasteiger partial charge on any atom is 0.406 e. The summed E-state index contributed by atoms with van der Waals surface area (Å²) in [5, 5.41) is 17.8. The summed E-state index contributed by atoms with van der Waals surface area (Å²) in [4.78, 5) is 27.5.